The lowest BCUT2D eigenvalue weighted by molar-refractivity contribution is -0.150. The third kappa shape index (κ3) is 4.24. The molecular formula is C26H30N2O6. The van der Waals surface area contributed by atoms with E-state index in [0.29, 0.717) is 30.1 Å². The smallest absolute Gasteiger partial charge is 0.347 e. The lowest BCUT2D eigenvalue weighted by Gasteiger charge is -2.20. The number of ether oxygens (including phenoxy) is 3. The minimum absolute atomic E-state index is 0.133. The Morgan fingerprint density at radius 3 is 2.44 bits per heavy atom. The first-order valence-electron chi connectivity index (χ1n) is 11.7. The van der Waals surface area contributed by atoms with Gasteiger partial charge in [0.2, 0.25) is 0 Å². The van der Waals surface area contributed by atoms with E-state index in [1.54, 1.807) is 26.0 Å². The Labute approximate surface area is 199 Å². The number of carbonyl (C=O) groups excluding carboxylic acids is 3. The molecule has 34 heavy (non-hydrogen) atoms. The fourth-order valence-electron chi connectivity index (χ4n) is 5.07. The van der Waals surface area contributed by atoms with Crippen molar-refractivity contribution in [2.24, 2.45) is 28.8 Å². The summed E-state index contributed by atoms with van der Waals surface area (Å²) in [5.41, 5.74) is 1.37. The van der Waals surface area contributed by atoms with Gasteiger partial charge < -0.3 is 14.2 Å². The Kier molecular flexibility index (Phi) is 6.86. The molecule has 2 bridgehead atoms. The second-order valence-corrected chi connectivity index (χ2v) is 8.68. The fourth-order valence-corrected chi connectivity index (χ4v) is 5.07. The molecule has 3 aliphatic rings. The summed E-state index contributed by atoms with van der Waals surface area (Å²) in [6.07, 6.45) is 7.80. The molecule has 1 saturated carbocycles. The van der Waals surface area contributed by atoms with Crippen molar-refractivity contribution in [3.63, 3.8) is 0 Å². The second-order valence-electron chi connectivity index (χ2n) is 8.68. The number of hydrogen-bond donors (Lipinski definition) is 0. The molecule has 1 saturated heterocycles. The van der Waals surface area contributed by atoms with Crippen LogP contribution in [-0.4, -0.2) is 48.3 Å². The fraction of sp³-hybridized carbons (Fsp3) is 0.462. The van der Waals surface area contributed by atoms with Crippen molar-refractivity contribution < 1.29 is 28.6 Å². The predicted molar refractivity (Wildman–Crippen MR) is 125 cm³/mol. The van der Waals surface area contributed by atoms with Crippen LogP contribution >= 0.6 is 0 Å². The quantitative estimate of drug-likeness (QED) is 0.227. The number of imide groups is 1. The van der Waals surface area contributed by atoms with E-state index in [9.17, 15) is 14.4 Å². The third-order valence-corrected chi connectivity index (χ3v) is 6.50. The molecule has 1 aromatic rings. The molecule has 0 N–H and O–H groups in total. The summed E-state index contributed by atoms with van der Waals surface area (Å²) in [5, 5.41) is 5.28. The van der Waals surface area contributed by atoms with Crippen molar-refractivity contribution in [2.45, 2.75) is 39.7 Å². The van der Waals surface area contributed by atoms with Crippen LogP contribution in [0.5, 0.6) is 11.5 Å². The molecular weight excluding hydrogens is 436 g/mol. The van der Waals surface area contributed by atoms with Crippen LogP contribution in [0.15, 0.2) is 42.0 Å². The Balaban J connectivity index is 1.60. The number of amides is 2. The van der Waals surface area contributed by atoms with Gasteiger partial charge in [-0.25, -0.2) is 4.79 Å². The Morgan fingerprint density at radius 1 is 1.18 bits per heavy atom. The standard InChI is InChI=1S/C26H30N2O6/c1-5-8-19-11-16(12-20(32-6-2)23(19)34-15(4)26(31)33-7-3)14-27-28-24(29)21-17-9-10-18(13-17)22(21)25(28)30/h5,9-12,14-15,17-18,21-22H,1,6-8,13H2,2-4H3. The maximum atomic E-state index is 12.9. The van der Waals surface area contributed by atoms with Gasteiger partial charge in [-0.1, -0.05) is 18.2 Å². The van der Waals surface area contributed by atoms with Gasteiger partial charge in [0.15, 0.2) is 17.6 Å². The highest BCUT2D eigenvalue weighted by molar-refractivity contribution is 6.06. The van der Waals surface area contributed by atoms with Crippen molar-refractivity contribution in [1.82, 2.24) is 5.01 Å². The van der Waals surface area contributed by atoms with Gasteiger partial charge in [0.25, 0.3) is 11.8 Å². The van der Waals surface area contributed by atoms with E-state index in [2.05, 4.69) is 23.8 Å². The van der Waals surface area contributed by atoms with Crippen LogP contribution in [0.25, 0.3) is 0 Å². The van der Waals surface area contributed by atoms with Crippen molar-refractivity contribution in [3.8, 4) is 11.5 Å². The van der Waals surface area contributed by atoms with Crippen molar-refractivity contribution in [3.05, 3.63) is 48.1 Å². The number of allylic oxidation sites excluding steroid dienone is 3. The maximum absolute atomic E-state index is 12.9. The van der Waals surface area contributed by atoms with Gasteiger partial charge in [-0.3, -0.25) is 9.59 Å². The molecule has 2 fully saturated rings. The molecule has 0 spiro atoms. The molecule has 5 unspecified atom stereocenters. The number of fused-ring (bicyclic) bond motifs is 5. The normalized spacial score (nSPS) is 25.7. The van der Waals surface area contributed by atoms with E-state index in [4.69, 9.17) is 14.2 Å². The first kappa shape index (κ1) is 23.7. The van der Waals surface area contributed by atoms with E-state index >= 15 is 0 Å². The highest BCUT2D eigenvalue weighted by Gasteiger charge is 2.59. The summed E-state index contributed by atoms with van der Waals surface area (Å²) in [6, 6.07) is 3.53. The van der Waals surface area contributed by atoms with Gasteiger partial charge >= 0.3 is 5.97 Å². The number of rotatable bonds is 10. The lowest BCUT2D eigenvalue weighted by Crippen LogP contribution is -2.28. The number of benzene rings is 1. The largest absolute Gasteiger partial charge is 0.490 e. The van der Waals surface area contributed by atoms with Gasteiger partial charge in [-0.05, 0) is 63.1 Å². The summed E-state index contributed by atoms with van der Waals surface area (Å²) >= 11 is 0. The third-order valence-electron chi connectivity index (χ3n) is 6.50. The molecule has 1 heterocycles. The number of esters is 1. The number of hydrogen-bond acceptors (Lipinski definition) is 7. The number of nitrogens with zero attached hydrogens (tertiary/aromatic N) is 2. The van der Waals surface area contributed by atoms with E-state index in [-0.39, 0.29) is 42.1 Å². The first-order valence-corrected chi connectivity index (χ1v) is 11.7. The summed E-state index contributed by atoms with van der Waals surface area (Å²) in [4.78, 5) is 37.9. The molecule has 1 aromatic carbocycles. The van der Waals surface area contributed by atoms with Crippen LogP contribution < -0.4 is 9.47 Å². The van der Waals surface area contributed by atoms with Gasteiger partial charge in [0.1, 0.15) is 0 Å². The van der Waals surface area contributed by atoms with Crippen molar-refractivity contribution in [1.29, 1.82) is 0 Å². The van der Waals surface area contributed by atoms with Gasteiger partial charge in [0.05, 0.1) is 31.3 Å². The van der Waals surface area contributed by atoms with Crippen LogP contribution in [0.1, 0.15) is 38.3 Å². The van der Waals surface area contributed by atoms with Crippen LogP contribution in [0.4, 0.5) is 0 Å². The summed E-state index contributed by atoms with van der Waals surface area (Å²) < 4.78 is 16.8. The average molecular weight is 467 g/mol. The van der Waals surface area contributed by atoms with Crippen LogP contribution in [0.3, 0.4) is 0 Å². The van der Waals surface area contributed by atoms with E-state index in [0.717, 1.165) is 17.0 Å². The second kappa shape index (κ2) is 9.83. The van der Waals surface area contributed by atoms with Crippen molar-refractivity contribution in [2.75, 3.05) is 13.2 Å². The summed E-state index contributed by atoms with van der Waals surface area (Å²) in [7, 11) is 0. The molecule has 5 atom stereocenters. The number of carbonyl (C=O) groups is 3. The molecule has 0 aromatic heterocycles. The Morgan fingerprint density at radius 2 is 1.85 bits per heavy atom. The Hall–Kier alpha value is -3.42. The lowest BCUT2D eigenvalue weighted by atomic mass is 9.85. The van der Waals surface area contributed by atoms with Crippen LogP contribution in [0, 0.1) is 23.7 Å². The summed E-state index contributed by atoms with van der Waals surface area (Å²) in [6.45, 7) is 9.63. The van der Waals surface area contributed by atoms with Crippen LogP contribution in [0.2, 0.25) is 0 Å². The topological polar surface area (TPSA) is 94.5 Å². The first-order chi connectivity index (χ1) is 16.4. The van der Waals surface area contributed by atoms with Crippen LogP contribution in [-0.2, 0) is 25.5 Å². The molecule has 2 aliphatic carbocycles. The van der Waals surface area contributed by atoms with Gasteiger partial charge in [-0.2, -0.15) is 10.1 Å². The highest BCUT2D eigenvalue weighted by Crippen LogP contribution is 2.52. The molecule has 180 valence electrons. The molecule has 8 nitrogen and oxygen atoms in total. The maximum Gasteiger partial charge on any atom is 0.347 e. The molecule has 2 amide bonds. The number of hydrazone groups is 1. The SMILES string of the molecule is C=CCc1cc(C=NN2C(=O)C3C4C=CC(C4)C3C2=O)cc(OCC)c1OC(C)C(=O)OCC. The zero-order chi connectivity index (χ0) is 24.4. The minimum atomic E-state index is -0.828. The molecule has 4 rings (SSSR count). The predicted octanol–water partition coefficient (Wildman–Crippen LogP) is 3.29. The van der Waals surface area contributed by atoms with E-state index < -0.39 is 12.1 Å². The van der Waals surface area contributed by atoms with Gasteiger partial charge in [-0.15, -0.1) is 6.58 Å². The molecule has 8 heteroatoms. The van der Waals surface area contributed by atoms with Gasteiger partial charge in [0, 0.05) is 5.56 Å². The van der Waals surface area contributed by atoms with E-state index in [1.807, 2.05) is 13.0 Å². The summed E-state index contributed by atoms with van der Waals surface area (Å²) in [5.74, 6) is -0.417. The minimum Gasteiger partial charge on any atom is -0.490 e. The highest BCUT2D eigenvalue weighted by atomic mass is 16.6. The Bertz CT molecular complexity index is 1030. The molecule has 0 radical (unpaired) electrons. The monoisotopic (exact) mass is 466 g/mol. The molecule has 1 aliphatic heterocycles. The van der Waals surface area contributed by atoms with E-state index in [1.165, 1.54) is 6.21 Å². The zero-order valence-electron chi connectivity index (χ0n) is 19.7. The zero-order valence-corrected chi connectivity index (χ0v) is 19.7. The average Bonchev–Trinajstić information content (AvgIpc) is 3.49. The van der Waals surface area contributed by atoms with Crippen molar-refractivity contribution >= 4 is 24.0 Å².